The number of carboxylic acids is 1. The maximum absolute atomic E-state index is 11.7. The summed E-state index contributed by atoms with van der Waals surface area (Å²) in [6.45, 7) is 6.37. The summed E-state index contributed by atoms with van der Waals surface area (Å²) in [6.07, 6.45) is 6.31. The summed E-state index contributed by atoms with van der Waals surface area (Å²) in [5.74, 6) is -0.662. The van der Waals surface area contributed by atoms with Crippen LogP contribution in [0.15, 0.2) is 36.7 Å². The van der Waals surface area contributed by atoms with Gasteiger partial charge in [0.25, 0.3) is 0 Å². The van der Waals surface area contributed by atoms with Crippen molar-refractivity contribution in [2.75, 3.05) is 13.1 Å². The molecule has 1 fully saturated rings. The largest absolute Gasteiger partial charge is 0.481 e. The van der Waals surface area contributed by atoms with Gasteiger partial charge >= 0.3 is 5.97 Å². The third kappa shape index (κ3) is 3.36. The molecule has 0 amide bonds. The first-order chi connectivity index (χ1) is 11.5. The van der Waals surface area contributed by atoms with E-state index in [1.807, 2.05) is 36.1 Å². The van der Waals surface area contributed by atoms with Crippen LogP contribution >= 0.6 is 0 Å². The molecule has 5 heteroatoms. The number of aliphatic carboxylic acids is 1. The monoisotopic (exact) mass is 327 g/mol. The second-order valence-corrected chi connectivity index (χ2v) is 6.89. The quantitative estimate of drug-likeness (QED) is 0.916. The molecule has 1 aromatic carbocycles. The highest BCUT2D eigenvalue weighted by Crippen LogP contribution is 2.34. The summed E-state index contributed by atoms with van der Waals surface area (Å²) in [4.78, 5) is 13.9. The molecule has 0 aliphatic carbocycles. The molecule has 2 heterocycles. The summed E-state index contributed by atoms with van der Waals surface area (Å²) in [6, 6.07) is 8.23. The lowest BCUT2D eigenvalue weighted by Gasteiger charge is -2.39. The van der Waals surface area contributed by atoms with Crippen molar-refractivity contribution in [3.63, 3.8) is 0 Å². The number of carbonyl (C=O) groups is 1. The van der Waals surface area contributed by atoms with E-state index in [2.05, 4.69) is 29.1 Å². The molecule has 24 heavy (non-hydrogen) atoms. The van der Waals surface area contributed by atoms with Gasteiger partial charge in [0.15, 0.2) is 0 Å². The Morgan fingerprint density at radius 1 is 1.42 bits per heavy atom. The minimum Gasteiger partial charge on any atom is -0.481 e. The lowest BCUT2D eigenvalue weighted by molar-refractivity contribution is -0.153. The van der Waals surface area contributed by atoms with Crippen LogP contribution < -0.4 is 0 Å². The Morgan fingerprint density at radius 2 is 2.25 bits per heavy atom. The Balaban J connectivity index is 1.72. The number of aryl methyl sites for hydroxylation is 1. The molecule has 0 bridgehead atoms. The minimum absolute atomic E-state index is 0.592. The van der Waals surface area contributed by atoms with E-state index in [1.165, 1.54) is 5.56 Å². The third-order valence-corrected chi connectivity index (χ3v) is 5.09. The van der Waals surface area contributed by atoms with Crippen LogP contribution in [0.4, 0.5) is 0 Å². The van der Waals surface area contributed by atoms with Gasteiger partial charge in [0.2, 0.25) is 0 Å². The molecular formula is C19H25N3O2. The zero-order valence-electron chi connectivity index (χ0n) is 14.4. The van der Waals surface area contributed by atoms with Gasteiger partial charge < -0.3 is 5.11 Å². The SMILES string of the molecule is CC[C@]1(C(=O)O)CCCN(Cc2cnn(-c3cccc(C)c3)c2)C1. The van der Waals surface area contributed by atoms with Gasteiger partial charge in [-0.3, -0.25) is 9.69 Å². The lowest BCUT2D eigenvalue weighted by atomic mass is 9.77. The van der Waals surface area contributed by atoms with Gasteiger partial charge in [0.05, 0.1) is 17.3 Å². The van der Waals surface area contributed by atoms with E-state index in [9.17, 15) is 9.90 Å². The van der Waals surface area contributed by atoms with E-state index < -0.39 is 11.4 Å². The highest BCUT2D eigenvalue weighted by molar-refractivity contribution is 5.75. The van der Waals surface area contributed by atoms with Gasteiger partial charge in [-0.25, -0.2) is 4.68 Å². The van der Waals surface area contributed by atoms with Crippen LogP contribution in [-0.2, 0) is 11.3 Å². The molecule has 1 aliphatic heterocycles. The number of carboxylic acid groups (broad SMARTS) is 1. The highest BCUT2D eigenvalue weighted by Gasteiger charge is 2.40. The fourth-order valence-corrected chi connectivity index (χ4v) is 3.59. The van der Waals surface area contributed by atoms with Crippen molar-refractivity contribution in [2.24, 2.45) is 5.41 Å². The first-order valence-electron chi connectivity index (χ1n) is 8.59. The first kappa shape index (κ1) is 16.7. The molecule has 3 rings (SSSR count). The van der Waals surface area contributed by atoms with Crippen LogP contribution in [0.2, 0.25) is 0 Å². The molecule has 0 radical (unpaired) electrons. The van der Waals surface area contributed by atoms with Crippen molar-refractivity contribution in [1.82, 2.24) is 14.7 Å². The number of hydrogen-bond donors (Lipinski definition) is 1. The second kappa shape index (κ2) is 6.77. The minimum atomic E-state index is -0.662. The smallest absolute Gasteiger partial charge is 0.310 e. The van der Waals surface area contributed by atoms with Gasteiger partial charge in [-0.15, -0.1) is 0 Å². The first-order valence-corrected chi connectivity index (χ1v) is 8.59. The van der Waals surface area contributed by atoms with Crippen LogP contribution in [0, 0.1) is 12.3 Å². The number of nitrogens with zero attached hydrogens (tertiary/aromatic N) is 3. The number of hydrogen-bond acceptors (Lipinski definition) is 3. The molecule has 1 saturated heterocycles. The molecule has 5 nitrogen and oxygen atoms in total. The Hall–Kier alpha value is -2.14. The molecule has 0 saturated carbocycles. The molecule has 0 unspecified atom stereocenters. The van der Waals surface area contributed by atoms with E-state index in [0.29, 0.717) is 13.0 Å². The second-order valence-electron chi connectivity index (χ2n) is 6.89. The molecule has 1 N–H and O–H groups in total. The van der Waals surface area contributed by atoms with Gasteiger partial charge in [-0.05, 0) is 50.4 Å². The Morgan fingerprint density at radius 3 is 2.96 bits per heavy atom. The predicted octanol–water partition coefficient (Wildman–Crippen LogP) is 3.26. The van der Waals surface area contributed by atoms with Gasteiger partial charge in [0, 0.05) is 24.8 Å². The Kier molecular flexibility index (Phi) is 4.71. The number of likely N-dealkylation sites (tertiary alicyclic amines) is 1. The summed E-state index contributed by atoms with van der Waals surface area (Å²) in [7, 11) is 0. The zero-order chi connectivity index (χ0) is 17.2. The van der Waals surface area contributed by atoms with Crippen LogP contribution in [0.5, 0.6) is 0 Å². The van der Waals surface area contributed by atoms with Crippen LogP contribution in [0.1, 0.15) is 37.3 Å². The summed E-state index contributed by atoms with van der Waals surface area (Å²) < 4.78 is 1.89. The molecular weight excluding hydrogens is 302 g/mol. The normalized spacial score (nSPS) is 21.8. The molecule has 0 spiro atoms. The lowest BCUT2D eigenvalue weighted by Crippen LogP contribution is -2.47. The van der Waals surface area contributed by atoms with Crippen molar-refractivity contribution in [3.8, 4) is 5.69 Å². The van der Waals surface area contributed by atoms with Gasteiger partial charge in [0.1, 0.15) is 0 Å². The summed E-state index contributed by atoms with van der Waals surface area (Å²) in [5.41, 5.74) is 2.78. The summed E-state index contributed by atoms with van der Waals surface area (Å²) in [5, 5.41) is 14.1. The fourth-order valence-electron chi connectivity index (χ4n) is 3.59. The Labute approximate surface area is 142 Å². The number of benzene rings is 1. The number of piperidine rings is 1. The number of rotatable bonds is 5. The average molecular weight is 327 g/mol. The predicted molar refractivity (Wildman–Crippen MR) is 93.2 cm³/mol. The van der Waals surface area contributed by atoms with E-state index in [0.717, 1.165) is 37.2 Å². The van der Waals surface area contributed by atoms with Crippen molar-refractivity contribution in [2.45, 2.75) is 39.7 Å². The van der Waals surface area contributed by atoms with Gasteiger partial charge in [-0.2, -0.15) is 5.10 Å². The highest BCUT2D eigenvalue weighted by atomic mass is 16.4. The van der Waals surface area contributed by atoms with Gasteiger partial charge in [-0.1, -0.05) is 19.1 Å². The Bertz CT molecular complexity index is 725. The van der Waals surface area contributed by atoms with E-state index in [1.54, 1.807) is 0 Å². The molecule has 1 aliphatic rings. The summed E-state index contributed by atoms with van der Waals surface area (Å²) >= 11 is 0. The van der Waals surface area contributed by atoms with Crippen molar-refractivity contribution >= 4 is 5.97 Å². The van der Waals surface area contributed by atoms with E-state index in [4.69, 9.17) is 0 Å². The number of aromatic nitrogens is 2. The fraction of sp³-hybridized carbons (Fsp3) is 0.474. The zero-order valence-corrected chi connectivity index (χ0v) is 14.4. The topological polar surface area (TPSA) is 58.4 Å². The molecule has 128 valence electrons. The van der Waals surface area contributed by atoms with Crippen LogP contribution in [0.3, 0.4) is 0 Å². The van der Waals surface area contributed by atoms with Crippen molar-refractivity contribution in [3.05, 3.63) is 47.8 Å². The van der Waals surface area contributed by atoms with E-state index >= 15 is 0 Å². The average Bonchev–Trinajstić information content (AvgIpc) is 3.03. The van der Waals surface area contributed by atoms with Crippen LogP contribution in [0.25, 0.3) is 5.69 Å². The molecule has 1 atom stereocenters. The maximum atomic E-state index is 11.7. The molecule has 2 aromatic rings. The van der Waals surface area contributed by atoms with Crippen molar-refractivity contribution < 1.29 is 9.90 Å². The standard InChI is InChI=1S/C19H25N3O2/c1-3-19(18(23)24)8-5-9-21(14-19)12-16-11-20-22(13-16)17-7-4-6-15(2)10-17/h4,6-7,10-11,13H,3,5,8-9,12,14H2,1-2H3,(H,23,24)/t19-/m0/s1. The van der Waals surface area contributed by atoms with Crippen molar-refractivity contribution in [1.29, 1.82) is 0 Å². The maximum Gasteiger partial charge on any atom is 0.310 e. The van der Waals surface area contributed by atoms with Crippen LogP contribution in [-0.4, -0.2) is 38.8 Å². The third-order valence-electron chi connectivity index (χ3n) is 5.09. The van der Waals surface area contributed by atoms with E-state index in [-0.39, 0.29) is 0 Å². The molecule has 1 aromatic heterocycles.